The number of aromatic nitrogens is 6. The van der Waals surface area contributed by atoms with E-state index < -0.39 is 0 Å². The van der Waals surface area contributed by atoms with Crippen LogP contribution in [-0.2, 0) is 6.42 Å². The summed E-state index contributed by atoms with van der Waals surface area (Å²) in [5.74, 6) is 1.77. The molecule has 3 aromatic rings. The summed E-state index contributed by atoms with van der Waals surface area (Å²) in [6.45, 7) is 2.34. The van der Waals surface area contributed by atoms with Crippen LogP contribution in [0, 0.1) is 6.92 Å². The summed E-state index contributed by atoms with van der Waals surface area (Å²) in [6, 6.07) is 1.69. The van der Waals surface area contributed by atoms with Crippen LogP contribution in [0.1, 0.15) is 11.7 Å². The molecule has 9 heteroatoms. The van der Waals surface area contributed by atoms with Crippen LogP contribution in [0.3, 0.4) is 0 Å². The second-order valence-corrected chi connectivity index (χ2v) is 3.92. The monoisotopic (exact) mass is 261 g/mol. The second-order valence-electron chi connectivity index (χ2n) is 3.92. The predicted octanol–water partition coefficient (Wildman–Crippen LogP) is -0.236. The molecule has 3 aromatic heterocycles. The van der Waals surface area contributed by atoms with Crippen molar-refractivity contribution in [2.45, 2.75) is 13.3 Å². The van der Waals surface area contributed by atoms with Crippen LogP contribution in [-0.4, -0.2) is 36.3 Å². The Morgan fingerprint density at radius 2 is 2.42 bits per heavy atom. The van der Waals surface area contributed by atoms with Crippen LogP contribution in [0.4, 0.5) is 5.82 Å². The van der Waals surface area contributed by atoms with Gasteiger partial charge in [0.1, 0.15) is 11.6 Å². The minimum absolute atomic E-state index is 0.294. The van der Waals surface area contributed by atoms with E-state index in [1.54, 1.807) is 13.0 Å². The molecule has 3 heterocycles. The molecule has 0 bridgehead atoms. The number of rotatable bonds is 4. The van der Waals surface area contributed by atoms with Gasteiger partial charge in [0.25, 0.3) is 0 Å². The van der Waals surface area contributed by atoms with Crippen LogP contribution in [0.25, 0.3) is 5.65 Å². The molecule has 0 fully saturated rings. The first-order chi connectivity index (χ1) is 9.24. The minimum Gasteiger partial charge on any atom is -0.369 e. The summed E-state index contributed by atoms with van der Waals surface area (Å²) in [7, 11) is 0. The number of anilines is 1. The summed E-state index contributed by atoms with van der Waals surface area (Å²) >= 11 is 0. The molecular weight excluding hydrogens is 250 g/mol. The van der Waals surface area contributed by atoms with E-state index in [2.05, 4.69) is 30.6 Å². The van der Waals surface area contributed by atoms with E-state index in [-0.39, 0.29) is 5.69 Å². The zero-order valence-electron chi connectivity index (χ0n) is 10.1. The van der Waals surface area contributed by atoms with Crippen molar-refractivity contribution in [3.05, 3.63) is 34.6 Å². The predicted molar refractivity (Wildman–Crippen MR) is 64.8 cm³/mol. The van der Waals surface area contributed by atoms with Crippen molar-refractivity contribution < 1.29 is 4.52 Å². The van der Waals surface area contributed by atoms with Crippen molar-refractivity contribution in [3.8, 4) is 0 Å². The molecule has 0 saturated heterocycles. The lowest BCUT2D eigenvalue weighted by molar-refractivity contribution is 0.379. The number of nitrogens with zero attached hydrogens (tertiary/aromatic N) is 5. The standard InChI is InChI=1S/C10H11N7O2/c1-6-14-7(4-8-15-16-10(18)17(6)8)11-3-2-9-12-5-13-19-9/h4-5,11H,2-3H2,1H3,(H,16,18). The topological polar surface area (TPSA) is 114 Å². The van der Waals surface area contributed by atoms with Crippen molar-refractivity contribution in [1.29, 1.82) is 0 Å². The molecule has 2 N–H and O–H groups in total. The van der Waals surface area contributed by atoms with Gasteiger partial charge in [-0.3, -0.25) is 0 Å². The summed E-state index contributed by atoms with van der Waals surface area (Å²) in [5.41, 5.74) is 0.232. The van der Waals surface area contributed by atoms with E-state index in [4.69, 9.17) is 4.52 Å². The van der Waals surface area contributed by atoms with Crippen molar-refractivity contribution in [3.63, 3.8) is 0 Å². The molecule has 0 aliphatic rings. The lowest BCUT2D eigenvalue weighted by Crippen LogP contribution is -2.14. The third kappa shape index (κ3) is 2.17. The largest absolute Gasteiger partial charge is 0.369 e. The molecule has 3 rings (SSSR count). The Morgan fingerprint density at radius 3 is 3.21 bits per heavy atom. The molecule has 0 aromatic carbocycles. The number of aryl methyl sites for hydroxylation is 1. The first-order valence-electron chi connectivity index (χ1n) is 5.68. The highest BCUT2D eigenvalue weighted by Crippen LogP contribution is 2.07. The van der Waals surface area contributed by atoms with Crippen LogP contribution in [0.2, 0.25) is 0 Å². The maximum Gasteiger partial charge on any atom is 0.349 e. The van der Waals surface area contributed by atoms with Crippen molar-refractivity contribution >= 4 is 11.5 Å². The van der Waals surface area contributed by atoms with Gasteiger partial charge < -0.3 is 9.84 Å². The first-order valence-corrected chi connectivity index (χ1v) is 5.68. The number of fused-ring (bicyclic) bond motifs is 1. The van der Waals surface area contributed by atoms with Gasteiger partial charge in [-0.05, 0) is 6.92 Å². The summed E-state index contributed by atoms with van der Waals surface area (Å²) in [6.07, 6.45) is 1.96. The normalized spacial score (nSPS) is 11.0. The summed E-state index contributed by atoms with van der Waals surface area (Å²) in [5, 5.41) is 12.9. The van der Waals surface area contributed by atoms with Gasteiger partial charge in [0.05, 0.1) is 0 Å². The number of nitrogens with one attached hydrogen (secondary N) is 2. The van der Waals surface area contributed by atoms with Gasteiger partial charge in [0, 0.05) is 19.0 Å². The Bertz CT molecular complexity index is 743. The molecule has 0 spiro atoms. The fourth-order valence-electron chi connectivity index (χ4n) is 1.79. The lowest BCUT2D eigenvalue weighted by Gasteiger charge is -2.05. The Labute approximate surface area is 106 Å². The molecule has 9 nitrogen and oxygen atoms in total. The summed E-state index contributed by atoms with van der Waals surface area (Å²) in [4.78, 5) is 19.6. The second kappa shape index (κ2) is 4.52. The molecule has 19 heavy (non-hydrogen) atoms. The Balaban J connectivity index is 1.76. The molecule has 0 saturated carbocycles. The maximum atomic E-state index is 11.4. The Hall–Kier alpha value is -2.71. The van der Waals surface area contributed by atoms with Gasteiger partial charge >= 0.3 is 5.69 Å². The maximum absolute atomic E-state index is 11.4. The van der Waals surface area contributed by atoms with Crippen molar-refractivity contribution in [1.82, 2.24) is 29.7 Å². The molecule has 0 amide bonds. The smallest absolute Gasteiger partial charge is 0.349 e. The van der Waals surface area contributed by atoms with Gasteiger partial charge in [-0.1, -0.05) is 5.16 Å². The SMILES string of the molecule is Cc1nc(NCCc2ncno2)cc2n[nH]c(=O)n12. The highest BCUT2D eigenvalue weighted by molar-refractivity contribution is 5.49. The van der Waals surface area contributed by atoms with Gasteiger partial charge in [0.15, 0.2) is 12.0 Å². The highest BCUT2D eigenvalue weighted by atomic mass is 16.5. The minimum atomic E-state index is -0.294. The number of H-pyrrole nitrogens is 1. The molecule has 0 aliphatic carbocycles. The van der Waals surface area contributed by atoms with E-state index >= 15 is 0 Å². The number of aromatic amines is 1. The van der Waals surface area contributed by atoms with Crippen molar-refractivity contribution in [2.75, 3.05) is 11.9 Å². The fourth-order valence-corrected chi connectivity index (χ4v) is 1.79. The lowest BCUT2D eigenvalue weighted by atomic mass is 10.4. The molecule has 0 unspecified atom stereocenters. The Kier molecular flexibility index (Phi) is 2.71. The van der Waals surface area contributed by atoms with Crippen LogP contribution >= 0.6 is 0 Å². The van der Waals surface area contributed by atoms with E-state index in [1.165, 1.54) is 10.7 Å². The zero-order chi connectivity index (χ0) is 13.2. The average molecular weight is 261 g/mol. The molecule has 0 radical (unpaired) electrons. The van der Waals surface area contributed by atoms with Gasteiger partial charge in [-0.2, -0.15) is 10.1 Å². The van der Waals surface area contributed by atoms with E-state index in [0.29, 0.717) is 36.1 Å². The molecule has 0 aliphatic heterocycles. The van der Waals surface area contributed by atoms with Crippen molar-refractivity contribution in [2.24, 2.45) is 0 Å². The van der Waals surface area contributed by atoms with Gasteiger partial charge in [-0.25, -0.2) is 19.3 Å². The van der Waals surface area contributed by atoms with E-state index in [9.17, 15) is 4.79 Å². The summed E-state index contributed by atoms with van der Waals surface area (Å²) < 4.78 is 6.29. The third-order valence-electron chi connectivity index (χ3n) is 2.62. The molecular formula is C10H11N7O2. The van der Waals surface area contributed by atoms with Gasteiger partial charge in [-0.15, -0.1) is 0 Å². The highest BCUT2D eigenvalue weighted by Gasteiger charge is 2.07. The van der Waals surface area contributed by atoms with Crippen LogP contribution in [0.15, 0.2) is 21.7 Å². The van der Waals surface area contributed by atoms with Crippen LogP contribution in [0.5, 0.6) is 0 Å². The first kappa shape index (κ1) is 11.4. The quantitative estimate of drug-likeness (QED) is 0.666. The Morgan fingerprint density at radius 1 is 1.53 bits per heavy atom. The fraction of sp³-hybridized carbons (Fsp3) is 0.300. The zero-order valence-corrected chi connectivity index (χ0v) is 10.1. The molecule has 98 valence electrons. The van der Waals surface area contributed by atoms with Gasteiger partial charge in [0.2, 0.25) is 5.89 Å². The van der Waals surface area contributed by atoms with E-state index in [0.717, 1.165) is 0 Å². The van der Waals surface area contributed by atoms with E-state index in [1.807, 2.05) is 0 Å². The van der Waals surface area contributed by atoms with Crippen LogP contribution < -0.4 is 11.0 Å². The average Bonchev–Trinajstić information content (AvgIpc) is 3.00. The number of hydrogen-bond acceptors (Lipinski definition) is 7. The molecule has 0 atom stereocenters. The number of hydrogen-bond donors (Lipinski definition) is 2. The third-order valence-corrected chi connectivity index (χ3v) is 2.62.